The molecule has 5 rings (SSSR count). The topological polar surface area (TPSA) is 78.0 Å². The van der Waals surface area contributed by atoms with Crippen LogP contribution in [0.15, 0.2) is 47.8 Å². The molecule has 0 radical (unpaired) electrons. The number of benzene rings is 1. The van der Waals surface area contributed by atoms with Crippen LogP contribution < -0.4 is 10.2 Å². The summed E-state index contributed by atoms with van der Waals surface area (Å²) in [6, 6.07) is 7.93. The summed E-state index contributed by atoms with van der Waals surface area (Å²) < 4.78 is 36.7. The molecule has 3 aliphatic rings. The number of carbonyl (C=O) groups excluding carboxylic acids is 2. The van der Waals surface area contributed by atoms with E-state index in [1.165, 1.54) is 17.9 Å². The molecule has 180 valence electrons. The van der Waals surface area contributed by atoms with Gasteiger partial charge in [0, 0.05) is 38.8 Å². The molecule has 0 unspecified atom stereocenters. The molecule has 0 bridgehead atoms. The quantitative estimate of drug-likeness (QED) is 0.695. The minimum Gasteiger partial charge on any atom is -0.442 e. The fourth-order valence-corrected chi connectivity index (χ4v) is 5.47. The number of piperazine rings is 1. The lowest BCUT2D eigenvalue weighted by atomic mass is 10.0. The number of nitrogens with zero attached hydrogens (tertiary/aromatic N) is 4. The van der Waals surface area contributed by atoms with Crippen molar-refractivity contribution in [3.8, 4) is 0 Å². The van der Waals surface area contributed by atoms with Crippen molar-refractivity contribution in [1.29, 1.82) is 0 Å². The number of carbonyl (C=O) groups is 2. The second-order valence-corrected chi connectivity index (χ2v) is 9.59. The summed E-state index contributed by atoms with van der Waals surface area (Å²) in [5.74, 6) is -3.34. The molecule has 2 amide bonds. The molecule has 11 heteroatoms. The molecule has 0 saturated carbocycles. The average Bonchev–Trinajstić information content (AvgIpc) is 3.40. The van der Waals surface area contributed by atoms with E-state index in [1.807, 2.05) is 24.3 Å². The van der Waals surface area contributed by atoms with Crippen molar-refractivity contribution in [1.82, 2.24) is 20.1 Å². The van der Waals surface area contributed by atoms with Gasteiger partial charge >= 0.3 is 6.09 Å². The number of hydrogen-bond donors (Lipinski definition) is 1. The van der Waals surface area contributed by atoms with Crippen LogP contribution in [0, 0.1) is 0 Å². The van der Waals surface area contributed by atoms with E-state index in [1.54, 1.807) is 22.3 Å². The summed E-state index contributed by atoms with van der Waals surface area (Å²) in [5.41, 5.74) is 1.14. The number of thiazole rings is 1. The maximum Gasteiger partial charge on any atom is 0.414 e. The van der Waals surface area contributed by atoms with Gasteiger partial charge in [-0.15, -0.1) is 0 Å². The van der Waals surface area contributed by atoms with E-state index in [0.29, 0.717) is 26.2 Å². The van der Waals surface area contributed by atoms with Crippen LogP contribution in [0.2, 0.25) is 0 Å². The number of rotatable bonds is 5. The van der Waals surface area contributed by atoms with Crippen molar-refractivity contribution in [3.63, 3.8) is 0 Å². The van der Waals surface area contributed by atoms with Gasteiger partial charge in [-0.1, -0.05) is 23.5 Å². The number of hydrogen-bond acceptors (Lipinski definition) is 7. The summed E-state index contributed by atoms with van der Waals surface area (Å²) in [6.45, 7) is 3.78. The van der Waals surface area contributed by atoms with Crippen LogP contribution in [-0.4, -0.2) is 78.1 Å². The van der Waals surface area contributed by atoms with E-state index in [0.717, 1.165) is 15.3 Å². The molecule has 0 spiro atoms. The van der Waals surface area contributed by atoms with E-state index in [2.05, 4.69) is 15.2 Å². The summed E-state index contributed by atoms with van der Waals surface area (Å²) >= 11 is 1.61. The zero-order chi connectivity index (χ0) is 23.9. The van der Waals surface area contributed by atoms with Crippen molar-refractivity contribution in [3.05, 3.63) is 47.8 Å². The van der Waals surface area contributed by atoms with Gasteiger partial charge < -0.3 is 19.9 Å². The third kappa shape index (κ3) is 4.44. The van der Waals surface area contributed by atoms with E-state index in [9.17, 15) is 9.59 Å². The van der Waals surface area contributed by atoms with Gasteiger partial charge in [-0.3, -0.25) is 9.69 Å². The van der Waals surface area contributed by atoms with Gasteiger partial charge in [0.05, 0.1) is 35.4 Å². The van der Waals surface area contributed by atoms with Crippen molar-refractivity contribution in [2.45, 2.75) is 25.4 Å². The van der Waals surface area contributed by atoms with Crippen molar-refractivity contribution in [2.75, 3.05) is 44.2 Å². The third-order valence-electron chi connectivity index (χ3n) is 6.18. The fraction of sp³-hybridized carbons (Fsp3) is 0.435. The zero-order valence-electron chi connectivity index (χ0n) is 18.7. The van der Waals surface area contributed by atoms with Crippen molar-refractivity contribution < 1.29 is 23.1 Å². The fourth-order valence-electron chi connectivity index (χ4n) is 4.45. The SMILES string of the molecule is CC(=O)NC[C@H]1CN(C2=CC=C(N3CCN(c4nc5ccccc5s4)CC3)C(F)(F)C2)C(=O)O1. The van der Waals surface area contributed by atoms with Crippen LogP contribution in [0.4, 0.5) is 18.7 Å². The van der Waals surface area contributed by atoms with E-state index < -0.39 is 24.5 Å². The molecule has 8 nitrogen and oxygen atoms in total. The highest BCUT2D eigenvalue weighted by molar-refractivity contribution is 7.22. The molecule has 1 aromatic heterocycles. The summed E-state index contributed by atoms with van der Waals surface area (Å²) in [5, 5.41) is 3.49. The number of cyclic esters (lactones) is 1. The first-order chi connectivity index (χ1) is 16.3. The number of alkyl halides is 2. The maximum absolute atomic E-state index is 15.2. The molecule has 34 heavy (non-hydrogen) atoms. The zero-order valence-corrected chi connectivity index (χ0v) is 19.5. The molecule has 3 heterocycles. The van der Waals surface area contributed by atoms with Gasteiger partial charge in [0.2, 0.25) is 5.91 Å². The summed E-state index contributed by atoms with van der Waals surface area (Å²) in [6.07, 6.45) is 1.19. The Morgan fingerprint density at radius 2 is 1.94 bits per heavy atom. The lowest BCUT2D eigenvalue weighted by Gasteiger charge is -2.40. The normalized spacial score (nSPS) is 22.5. The number of halogens is 2. The first-order valence-electron chi connectivity index (χ1n) is 11.2. The largest absolute Gasteiger partial charge is 0.442 e. The lowest BCUT2D eigenvalue weighted by molar-refractivity contribution is -0.119. The van der Waals surface area contributed by atoms with Crippen LogP contribution in [0.25, 0.3) is 10.2 Å². The molecule has 2 fully saturated rings. The number of nitrogens with one attached hydrogen (secondary N) is 1. The second kappa shape index (κ2) is 8.86. The Labute approximate surface area is 199 Å². The molecule has 1 N–H and O–H groups in total. The van der Waals surface area contributed by atoms with E-state index >= 15 is 8.78 Å². The lowest BCUT2D eigenvalue weighted by Crippen LogP contribution is -2.49. The molecule has 2 aliphatic heterocycles. The van der Waals surface area contributed by atoms with Gasteiger partial charge in [-0.25, -0.2) is 9.78 Å². The minimum atomic E-state index is -3.10. The predicted octanol–water partition coefficient (Wildman–Crippen LogP) is 3.18. The predicted molar refractivity (Wildman–Crippen MR) is 125 cm³/mol. The van der Waals surface area contributed by atoms with Gasteiger partial charge in [0.25, 0.3) is 5.92 Å². The van der Waals surface area contributed by atoms with Gasteiger partial charge in [0.15, 0.2) is 5.13 Å². The number of fused-ring (bicyclic) bond motifs is 1. The molecule has 1 aromatic carbocycles. The Hall–Kier alpha value is -3.21. The number of para-hydroxylation sites is 1. The summed E-state index contributed by atoms with van der Waals surface area (Å²) in [4.78, 5) is 33.1. The van der Waals surface area contributed by atoms with Gasteiger partial charge in [-0.2, -0.15) is 8.78 Å². The van der Waals surface area contributed by atoms with Crippen LogP contribution in [0.5, 0.6) is 0 Å². The molecular weight excluding hydrogens is 464 g/mol. The molecule has 2 saturated heterocycles. The maximum atomic E-state index is 15.2. The third-order valence-corrected chi connectivity index (χ3v) is 7.28. The molecule has 1 aliphatic carbocycles. The smallest absolute Gasteiger partial charge is 0.414 e. The standard InChI is InChI=1S/C23H25F2N5O3S/c1-15(31)26-13-17-14-30(22(32)33-17)16-6-7-20(23(24,25)12-16)28-8-10-29(11-9-28)21-27-18-4-2-3-5-19(18)34-21/h2-7,17H,8-14H2,1H3,(H,26,31)/t17-/m0/s1. The van der Waals surface area contributed by atoms with Crippen LogP contribution in [0.3, 0.4) is 0 Å². The average molecular weight is 490 g/mol. The highest BCUT2D eigenvalue weighted by Gasteiger charge is 2.44. The number of aromatic nitrogens is 1. The van der Waals surface area contributed by atoms with Crippen molar-refractivity contribution in [2.24, 2.45) is 0 Å². The number of ether oxygens (including phenoxy) is 1. The van der Waals surface area contributed by atoms with E-state index in [4.69, 9.17) is 4.74 Å². The number of allylic oxidation sites excluding steroid dienone is 4. The Bertz CT molecular complexity index is 1140. The Morgan fingerprint density at radius 1 is 1.21 bits per heavy atom. The summed E-state index contributed by atoms with van der Waals surface area (Å²) in [7, 11) is 0. The van der Waals surface area contributed by atoms with Crippen LogP contribution in [-0.2, 0) is 9.53 Å². The highest BCUT2D eigenvalue weighted by Crippen LogP contribution is 2.39. The monoisotopic (exact) mass is 489 g/mol. The Morgan fingerprint density at radius 3 is 2.65 bits per heavy atom. The second-order valence-electron chi connectivity index (χ2n) is 8.58. The molecule has 1 atom stereocenters. The van der Waals surface area contributed by atoms with E-state index in [-0.39, 0.29) is 30.4 Å². The highest BCUT2D eigenvalue weighted by atomic mass is 32.1. The first-order valence-corrected chi connectivity index (χ1v) is 12.0. The van der Waals surface area contributed by atoms with Crippen LogP contribution in [0.1, 0.15) is 13.3 Å². The Kier molecular flexibility index (Phi) is 5.88. The number of amides is 2. The van der Waals surface area contributed by atoms with Crippen molar-refractivity contribution >= 4 is 38.7 Å². The van der Waals surface area contributed by atoms with Gasteiger partial charge in [-0.05, 0) is 24.3 Å². The van der Waals surface area contributed by atoms with Crippen LogP contribution >= 0.6 is 11.3 Å². The first kappa shape index (κ1) is 22.6. The number of anilines is 1. The molecular formula is C23H25F2N5O3S. The molecule has 2 aromatic rings. The van der Waals surface area contributed by atoms with Gasteiger partial charge in [0.1, 0.15) is 6.10 Å². The minimum absolute atomic E-state index is 0.0254. The Balaban J connectivity index is 1.24.